The Balaban J connectivity index is 2.08. The van der Waals surface area contributed by atoms with Gasteiger partial charge in [0.2, 0.25) is 11.8 Å². The maximum absolute atomic E-state index is 14.2. The third-order valence-corrected chi connectivity index (χ3v) is 9.10. The van der Waals surface area contributed by atoms with Gasteiger partial charge in [0.1, 0.15) is 24.1 Å². The van der Waals surface area contributed by atoms with Crippen molar-refractivity contribution in [2.75, 3.05) is 31.6 Å². The van der Waals surface area contributed by atoms with E-state index in [9.17, 15) is 18.0 Å². The van der Waals surface area contributed by atoms with Crippen LogP contribution in [0.2, 0.25) is 5.02 Å². The van der Waals surface area contributed by atoms with E-state index < -0.39 is 28.5 Å². The summed E-state index contributed by atoms with van der Waals surface area (Å²) < 4.78 is 39.7. The zero-order chi connectivity index (χ0) is 31.6. The van der Waals surface area contributed by atoms with Crippen LogP contribution in [0.5, 0.6) is 11.5 Å². The second-order valence-electron chi connectivity index (χ2n) is 10.1. The molecule has 11 heteroatoms. The Morgan fingerprint density at radius 2 is 1.70 bits per heavy atom. The van der Waals surface area contributed by atoms with Gasteiger partial charge < -0.3 is 19.7 Å². The number of carbonyl (C=O) groups is 2. The zero-order valence-electron chi connectivity index (χ0n) is 25.3. The van der Waals surface area contributed by atoms with E-state index in [0.717, 1.165) is 28.3 Å². The first kappa shape index (κ1) is 33.7. The van der Waals surface area contributed by atoms with Gasteiger partial charge in [-0.05, 0) is 67.8 Å². The molecule has 1 atom stereocenters. The average Bonchev–Trinajstić information content (AvgIpc) is 3.00. The van der Waals surface area contributed by atoms with Gasteiger partial charge >= 0.3 is 0 Å². The monoisotopic (exact) mass is 629 g/mol. The number of hydrogen-bond acceptors (Lipinski definition) is 6. The van der Waals surface area contributed by atoms with Crippen molar-refractivity contribution in [3.8, 4) is 11.5 Å². The van der Waals surface area contributed by atoms with E-state index in [1.54, 1.807) is 43.5 Å². The quantitative estimate of drug-likeness (QED) is 0.220. The van der Waals surface area contributed by atoms with Crippen LogP contribution >= 0.6 is 11.6 Å². The standard InChI is InChI=1S/C32H40ClN3O6S/c1-6-8-18-34-32(38)29(7-2)35(21-24-10-9-11-26(19-24)41-4)31(37)22-36(25-14-17-30(42-5)28(33)20-25)43(39,40)27-15-12-23(3)13-16-27/h9-17,19-20,29H,6-8,18,21-22H2,1-5H3,(H,34,38)/t29-/m1/s1. The van der Waals surface area contributed by atoms with Gasteiger partial charge in [-0.2, -0.15) is 0 Å². The molecule has 0 bridgehead atoms. The Labute approximate surface area is 259 Å². The van der Waals surface area contributed by atoms with Gasteiger partial charge in [0, 0.05) is 13.1 Å². The molecule has 3 aromatic carbocycles. The number of sulfonamides is 1. The molecule has 0 unspecified atom stereocenters. The van der Waals surface area contributed by atoms with Crippen molar-refractivity contribution in [3.63, 3.8) is 0 Å². The first-order valence-corrected chi connectivity index (χ1v) is 16.0. The minimum atomic E-state index is -4.22. The largest absolute Gasteiger partial charge is 0.497 e. The third-order valence-electron chi connectivity index (χ3n) is 7.01. The summed E-state index contributed by atoms with van der Waals surface area (Å²) >= 11 is 6.39. The Bertz CT molecular complexity index is 1500. The molecule has 0 aliphatic rings. The molecule has 1 N–H and O–H groups in total. The average molecular weight is 630 g/mol. The molecule has 0 aliphatic heterocycles. The number of anilines is 1. The van der Waals surface area contributed by atoms with E-state index in [4.69, 9.17) is 21.1 Å². The summed E-state index contributed by atoms with van der Waals surface area (Å²) in [5, 5.41) is 3.11. The lowest BCUT2D eigenvalue weighted by Gasteiger charge is -2.33. The van der Waals surface area contributed by atoms with Crippen LogP contribution in [0.3, 0.4) is 0 Å². The summed E-state index contributed by atoms with van der Waals surface area (Å²) in [7, 11) is -1.22. The molecular weight excluding hydrogens is 590 g/mol. The van der Waals surface area contributed by atoms with Gasteiger partial charge in [0.25, 0.3) is 10.0 Å². The highest BCUT2D eigenvalue weighted by Crippen LogP contribution is 2.32. The number of ether oxygens (including phenoxy) is 2. The summed E-state index contributed by atoms with van der Waals surface area (Å²) in [5.74, 6) is 0.108. The topological polar surface area (TPSA) is 105 Å². The van der Waals surface area contributed by atoms with Gasteiger partial charge in [-0.3, -0.25) is 13.9 Å². The van der Waals surface area contributed by atoms with Crippen molar-refractivity contribution in [2.45, 2.75) is 57.5 Å². The lowest BCUT2D eigenvalue weighted by molar-refractivity contribution is -0.140. The summed E-state index contributed by atoms with van der Waals surface area (Å²) in [4.78, 5) is 29.0. The SMILES string of the molecule is CCCCNC(=O)[C@@H](CC)N(Cc1cccc(OC)c1)C(=O)CN(c1ccc(OC)c(Cl)c1)S(=O)(=O)c1ccc(C)cc1. The van der Waals surface area contributed by atoms with Crippen LogP contribution in [0.1, 0.15) is 44.2 Å². The second-order valence-corrected chi connectivity index (χ2v) is 12.4. The van der Waals surface area contributed by atoms with Crippen molar-refractivity contribution >= 4 is 39.1 Å². The lowest BCUT2D eigenvalue weighted by atomic mass is 10.1. The van der Waals surface area contributed by atoms with E-state index in [1.807, 2.05) is 26.8 Å². The maximum Gasteiger partial charge on any atom is 0.264 e. The summed E-state index contributed by atoms with van der Waals surface area (Å²) in [6.45, 7) is 5.68. The number of rotatable bonds is 15. The van der Waals surface area contributed by atoms with Crippen molar-refractivity contribution in [3.05, 3.63) is 82.9 Å². The van der Waals surface area contributed by atoms with E-state index in [1.165, 1.54) is 36.3 Å². The predicted molar refractivity (Wildman–Crippen MR) is 169 cm³/mol. The van der Waals surface area contributed by atoms with Crippen LogP contribution in [-0.4, -0.2) is 58.5 Å². The molecule has 0 saturated heterocycles. The van der Waals surface area contributed by atoms with Crippen molar-refractivity contribution < 1.29 is 27.5 Å². The highest BCUT2D eigenvalue weighted by Gasteiger charge is 2.34. The van der Waals surface area contributed by atoms with Crippen molar-refractivity contribution in [1.29, 1.82) is 0 Å². The highest BCUT2D eigenvalue weighted by molar-refractivity contribution is 7.92. The van der Waals surface area contributed by atoms with E-state index in [0.29, 0.717) is 24.5 Å². The van der Waals surface area contributed by atoms with Gasteiger partial charge in [-0.25, -0.2) is 8.42 Å². The number of methoxy groups -OCH3 is 2. The number of halogens is 1. The number of benzene rings is 3. The van der Waals surface area contributed by atoms with Gasteiger partial charge in [0.15, 0.2) is 0 Å². The second kappa shape index (κ2) is 15.6. The molecular formula is C32H40ClN3O6S. The van der Waals surface area contributed by atoms with Crippen LogP contribution < -0.4 is 19.1 Å². The first-order valence-electron chi connectivity index (χ1n) is 14.2. The molecule has 0 fully saturated rings. The minimum Gasteiger partial charge on any atom is -0.497 e. The Hall–Kier alpha value is -3.76. The molecule has 0 aliphatic carbocycles. The normalized spacial score (nSPS) is 11.9. The van der Waals surface area contributed by atoms with Crippen LogP contribution in [0, 0.1) is 6.92 Å². The Morgan fingerprint density at radius 1 is 0.977 bits per heavy atom. The van der Waals surface area contributed by atoms with E-state index >= 15 is 0 Å². The van der Waals surface area contributed by atoms with Crippen LogP contribution in [0.4, 0.5) is 5.69 Å². The number of carbonyl (C=O) groups excluding carboxylic acids is 2. The van der Waals surface area contributed by atoms with Crippen molar-refractivity contribution in [2.24, 2.45) is 0 Å². The molecule has 0 spiro atoms. The number of amides is 2. The first-order chi connectivity index (χ1) is 20.5. The molecule has 0 saturated carbocycles. The third kappa shape index (κ3) is 8.64. The zero-order valence-corrected chi connectivity index (χ0v) is 26.9. The Kier molecular flexibility index (Phi) is 12.3. The fraction of sp³-hybridized carbons (Fsp3) is 0.375. The maximum atomic E-state index is 14.2. The van der Waals surface area contributed by atoms with Gasteiger partial charge in [0.05, 0.1) is 29.8 Å². The molecule has 9 nitrogen and oxygen atoms in total. The molecule has 2 amide bonds. The number of unbranched alkanes of at least 4 members (excludes halogenated alkanes) is 1. The Morgan fingerprint density at radius 3 is 2.30 bits per heavy atom. The predicted octanol–water partition coefficient (Wildman–Crippen LogP) is 5.58. The van der Waals surface area contributed by atoms with E-state index in [-0.39, 0.29) is 28.1 Å². The summed E-state index contributed by atoms with van der Waals surface area (Å²) in [5.41, 5.74) is 1.80. The number of nitrogens with one attached hydrogen (secondary N) is 1. The van der Waals surface area contributed by atoms with Crippen LogP contribution in [-0.2, 0) is 26.2 Å². The summed E-state index contributed by atoms with van der Waals surface area (Å²) in [6.07, 6.45) is 2.03. The van der Waals surface area contributed by atoms with Crippen LogP contribution in [0.15, 0.2) is 71.6 Å². The number of nitrogens with zero attached hydrogens (tertiary/aromatic N) is 2. The molecule has 43 heavy (non-hydrogen) atoms. The smallest absolute Gasteiger partial charge is 0.264 e. The highest BCUT2D eigenvalue weighted by atomic mass is 35.5. The van der Waals surface area contributed by atoms with Crippen LogP contribution in [0.25, 0.3) is 0 Å². The molecule has 0 radical (unpaired) electrons. The van der Waals surface area contributed by atoms with E-state index in [2.05, 4.69) is 5.32 Å². The number of aryl methyl sites for hydroxylation is 1. The van der Waals surface area contributed by atoms with Gasteiger partial charge in [-0.1, -0.05) is 61.7 Å². The minimum absolute atomic E-state index is 0.0153. The molecule has 3 rings (SSSR count). The molecule has 232 valence electrons. The fourth-order valence-corrected chi connectivity index (χ4v) is 6.23. The molecule has 0 aromatic heterocycles. The molecule has 3 aromatic rings. The summed E-state index contributed by atoms with van der Waals surface area (Å²) in [6, 6.07) is 17.3. The van der Waals surface area contributed by atoms with Crippen molar-refractivity contribution in [1.82, 2.24) is 10.2 Å². The lowest BCUT2D eigenvalue weighted by Crippen LogP contribution is -2.52. The fourth-order valence-electron chi connectivity index (χ4n) is 4.57. The van der Waals surface area contributed by atoms with Gasteiger partial charge in [-0.15, -0.1) is 0 Å². The molecule has 0 heterocycles. The number of hydrogen-bond donors (Lipinski definition) is 1.